The van der Waals surface area contributed by atoms with Gasteiger partial charge in [-0.05, 0) is 19.8 Å². The van der Waals surface area contributed by atoms with Crippen LogP contribution in [0.1, 0.15) is 18.5 Å². The molecule has 3 N–H and O–H groups in total. The molecule has 4 atom stereocenters. The van der Waals surface area contributed by atoms with Crippen LogP contribution in [0.3, 0.4) is 0 Å². The van der Waals surface area contributed by atoms with Crippen LogP contribution in [-0.2, 0) is 14.3 Å². The Kier molecular flexibility index (Phi) is 2.78. The van der Waals surface area contributed by atoms with E-state index >= 15 is 0 Å². The van der Waals surface area contributed by atoms with Crippen molar-refractivity contribution < 1.29 is 19.4 Å². The zero-order valence-electron chi connectivity index (χ0n) is 10.4. The Morgan fingerprint density at radius 1 is 1.42 bits per heavy atom. The number of aliphatic carboxylic acids is 1. The minimum Gasteiger partial charge on any atom is -0.481 e. The number of nitrogens with zero attached hydrogens (tertiary/aromatic N) is 1. The predicted molar refractivity (Wildman–Crippen MR) is 64.5 cm³/mol. The van der Waals surface area contributed by atoms with Crippen LogP contribution in [-0.4, -0.2) is 39.4 Å². The van der Waals surface area contributed by atoms with Gasteiger partial charge in [0, 0.05) is 0 Å². The van der Waals surface area contributed by atoms with Gasteiger partial charge in [-0.1, -0.05) is 0 Å². The Morgan fingerprint density at radius 2 is 2.11 bits per heavy atom. The third kappa shape index (κ3) is 1.90. The highest BCUT2D eigenvalue weighted by Gasteiger charge is 2.55. The molecule has 2 bridgehead atoms. The van der Waals surface area contributed by atoms with Gasteiger partial charge in [-0.2, -0.15) is 5.10 Å². The monoisotopic (exact) mass is 265 g/mol. The van der Waals surface area contributed by atoms with E-state index in [2.05, 4.69) is 15.5 Å². The van der Waals surface area contributed by atoms with E-state index < -0.39 is 17.8 Å². The van der Waals surface area contributed by atoms with Crippen LogP contribution in [0.25, 0.3) is 0 Å². The van der Waals surface area contributed by atoms with Gasteiger partial charge in [-0.15, -0.1) is 0 Å². The molecule has 3 heterocycles. The van der Waals surface area contributed by atoms with Gasteiger partial charge in [-0.3, -0.25) is 14.7 Å². The van der Waals surface area contributed by atoms with E-state index in [-0.39, 0.29) is 18.1 Å². The average Bonchev–Trinajstić information content (AvgIpc) is 3.04. The molecule has 1 aromatic heterocycles. The Bertz CT molecular complexity index is 527. The van der Waals surface area contributed by atoms with E-state index in [4.69, 9.17) is 4.74 Å². The number of aromatic amines is 1. The smallest absolute Gasteiger partial charge is 0.310 e. The second kappa shape index (κ2) is 4.34. The first kappa shape index (κ1) is 12.2. The number of aromatic nitrogens is 2. The second-order valence-corrected chi connectivity index (χ2v) is 5.08. The fraction of sp³-hybridized carbons (Fsp3) is 0.583. The van der Waals surface area contributed by atoms with Crippen molar-refractivity contribution in [2.45, 2.75) is 32.0 Å². The van der Waals surface area contributed by atoms with Crippen LogP contribution in [0, 0.1) is 18.8 Å². The van der Waals surface area contributed by atoms with Crippen molar-refractivity contribution in [3.63, 3.8) is 0 Å². The Hall–Kier alpha value is -1.89. The SMILES string of the molecule is Cc1[nH]ncc1NC(=O)[C@H]1[C@@H](C(=O)O)[C@@H]2CC[C@H]1O2. The zero-order valence-corrected chi connectivity index (χ0v) is 10.4. The first-order valence-electron chi connectivity index (χ1n) is 6.27. The van der Waals surface area contributed by atoms with Crippen molar-refractivity contribution >= 4 is 17.6 Å². The van der Waals surface area contributed by atoms with Crippen LogP contribution in [0.5, 0.6) is 0 Å². The summed E-state index contributed by atoms with van der Waals surface area (Å²) in [6, 6.07) is 0. The summed E-state index contributed by atoms with van der Waals surface area (Å²) in [7, 11) is 0. The second-order valence-electron chi connectivity index (χ2n) is 5.08. The minimum absolute atomic E-state index is 0.279. The van der Waals surface area contributed by atoms with Crippen LogP contribution < -0.4 is 5.32 Å². The van der Waals surface area contributed by atoms with E-state index in [9.17, 15) is 14.7 Å². The number of nitrogens with one attached hydrogen (secondary N) is 2. The molecule has 2 fully saturated rings. The Morgan fingerprint density at radius 3 is 2.68 bits per heavy atom. The van der Waals surface area contributed by atoms with Gasteiger partial charge in [0.15, 0.2) is 0 Å². The summed E-state index contributed by atoms with van der Waals surface area (Å²) < 4.78 is 5.56. The van der Waals surface area contributed by atoms with Crippen LogP contribution in [0.4, 0.5) is 5.69 Å². The van der Waals surface area contributed by atoms with Crippen molar-refractivity contribution in [3.05, 3.63) is 11.9 Å². The van der Waals surface area contributed by atoms with Gasteiger partial charge in [0.25, 0.3) is 0 Å². The molecule has 2 aliphatic heterocycles. The number of fused-ring (bicyclic) bond motifs is 2. The van der Waals surface area contributed by atoms with Gasteiger partial charge >= 0.3 is 5.97 Å². The quantitative estimate of drug-likeness (QED) is 0.739. The molecule has 3 rings (SSSR count). The van der Waals surface area contributed by atoms with Crippen molar-refractivity contribution in [2.24, 2.45) is 11.8 Å². The topological polar surface area (TPSA) is 104 Å². The molecule has 0 aromatic carbocycles. The summed E-state index contributed by atoms with van der Waals surface area (Å²) in [6.45, 7) is 1.79. The van der Waals surface area contributed by atoms with E-state index in [1.807, 2.05) is 0 Å². The normalized spacial score (nSPS) is 32.5. The Balaban J connectivity index is 1.79. The molecule has 0 spiro atoms. The number of H-pyrrole nitrogens is 1. The van der Waals surface area contributed by atoms with Gasteiger partial charge in [0.05, 0.1) is 41.6 Å². The average molecular weight is 265 g/mol. The molecule has 2 saturated heterocycles. The lowest BCUT2D eigenvalue weighted by atomic mass is 9.78. The van der Waals surface area contributed by atoms with Crippen molar-refractivity contribution in [1.29, 1.82) is 0 Å². The summed E-state index contributed by atoms with van der Waals surface area (Å²) in [5.41, 5.74) is 1.32. The van der Waals surface area contributed by atoms with Crippen molar-refractivity contribution in [3.8, 4) is 0 Å². The van der Waals surface area contributed by atoms with E-state index in [1.165, 1.54) is 6.20 Å². The number of ether oxygens (including phenoxy) is 1. The lowest BCUT2D eigenvalue weighted by molar-refractivity contribution is -0.147. The molecule has 1 amide bonds. The number of aryl methyl sites for hydroxylation is 1. The van der Waals surface area contributed by atoms with E-state index in [1.54, 1.807) is 6.92 Å². The fourth-order valence-corrected chi connectivity index (χ4v) is 3.02. The molecule has 0 saturated carbocycles. The Labute approximate surface area is 109 Å². The first-order chi connectivity index (χ1) is 9.08. The van der Waals surface area contributed by atoms with E-state index in [0.717, 1.165) is 18.5 Å². The molecule has 0 unspecified atom stereocenters. The maximum atomic E-state index is 12.3. The number of amides is 1. The minimum atomic E-state index is -0.962. The van der Waals surface area contributed by atoms with Crippen molar-refractivity contribution in [2.75, 3.05) is 5.32 Å². The molecule has 2 aliphatic rings. The number of rotatable bonds is 3. The number of hydrogen-bond acceptors (Lipinski definition) is 4. The summed E-state index contributed by atoms with van der Waals surface area (Å²) in [5, 5.41) is 18.5. The molecular formula is C12H15N3O4. The predicted octanol–water partition coefficient (Wildman–Crippen LogP) is 0.535. The maximum absolute atomic E-state index is 12.3. The number of anilines is 1. The molecule has 0 aliphatic carbocycles. The third-order valence-corrected chi connectivity index (χ3v) is 3.95. The largest absolute Gasteiger partial charge is 0.481 e. The number of carbonyl (C=O) groups excluding carboxylic acids is 1. The van der Waals surface area contributed by atoms with Crippen molar-refractivity contribution in [1.82, 2.24) is 10.2 Å². The maximum Gasteiger partial charge on any atom is 0.310 e. The van der Waals surface area contributed by atoms with E-state index in [0.29, 0.717) is 5.69 Å². The lowest BCUT2D eigenvalue weighted by Gasteiger charge is -2.23. The highest BCUT2D eigenvalue weighted by Crippen LogP contribution is 2.44. The van der Waals surface area contributed by atoms with Crippen LogP contribution in [0.15, 0.2) is 6.20 Å². The summed E-state index contributed by atoms with van der Waals surface area (Å²) in [6.07, 6.45) is 2.37. The highest BCUT2D eigenvalue weighted by atomic mass is 16.5. The molecule has 102 valence electrons. The molecule has 1 aromatic rings. The summed E-state index contributed by atoms with van der Waals surface area (Å²) in [5.74, 6) is -2.63. The third-order valence-electron chi connectivity index (χ3n) is 3.95. The number of carboxylic acid groups (broad SMARTS) is 1. The van der Waals surface area contributed by atoms with Gasteiger partial charge in [0.1, 0.15) is 0 Å². The number of carbonyl (C=O) groups is 2. The van der Waals surface area contributed by atoms with Crippen LogP contribution in [0.2, 0.25) is 0 Å². The first-order valence-corrected chi connectivity index (χ1v) is 6.27. The molecule has 0 radical (unpaired) electrons. The summed E-state index contributed by atoms with van der Waals surface area (Å²) >= 11 is 0. The zero-order chi connectivity index (χ0) is 13.6. The molecule has 7 nitrogen and oxygen atoms in total. The standard InChI is InChI=1S/C12H15N3O4/c1-5-6(4-13-15-5)14-11(16)9-7-2-3-8(19-7)10(9)12(17)18/h4,7-10H,2-3H2,1H3,(H,13,15)(H,14,16)(H,17,18)/t7-,8+,9-,10+/m1/s1. The number of hydrogen-bond donors (Lipinski definition) is 3. The van der Waals surface area contributed by atoms with Crippen LogP contribution >= 0.6 is 0 Å². The highest BCUT2D eigenvalue weighted by molar-refractivity contribution is 5.96. The van der Waals surface area contributed by atoms with Gasteiger partial charge < -0.3 is 15.2 Å². The lowest BCUT2D eigenvalue weighted by Crippen LogP contribution is -2.41. The molecular weight excluding hydrogens is 250 g/mol. The fourth-order valence-electron chi connectivity index (χ4n) is 3.02. The molecule has 7 heteroatoms. The summed E-state index contributed by atoms with van der Waals surface area (Å²) in [4.78, 5) is 23.6. The van der Waals surface area contributed by atoms with Gasteiger partial charge in [0.2, 0.25) is 5.91 Å². The van der Waals surface area contributed by atoms with Gasteiger partial charge in [-0.25, -0.2) is 0 Å². The number of carboxylic acids is 1. The molecule has 19 heavy (non-hydrogen) atoms.